The predicted molar refractivity (Wildman–Crippen MR) is 100.0 cm³/mol. The lowest BCUT2D eigenvalue weighted by Crippen LogP contribution is -2.55. The number of rotatable bonds is 5. The van der Waals surface area contributed by atoms with Crippen molar-refractivity contribution < 1.29 is 17.9 Å². The molecule has 0 radical (unpaired) electrons. The minimum absolute atomic E-state index is 0.383. The Hall–Kier alpha value is -1.16. The second-order valence-corrected chi connectivity index (χ2v) is 9.81. The molecular weight excluding hydrogens is 374 g/mol. The van der Waals surface area contributed by atoms with Crippen LogP contribution in [0.15, 0.2) is 29.4 Å². The molecule has 0 aromatic carbocycles. The molecule has 2 aliphatic heterocycles. The van der Waals surface area contributed by atoms with Crippen LogP contribution in [-0.2, 0) is 19.7 Å². The van der Waals surface area contributed by atoms with Gasteiger partial charge in [0.05, 0.1) is 7.11 Å². The zero-order valence-electron chi connectivity index (χ0n) is 14.9. The molecule has 3 heterocycles. The Labute approximate surface area is 159 Å². The summed E-state index contributed by atoms with van der Waals surface area (Å²) in [5.41, 5.74) is 0. The first kappa shape index (κ1) is 19.6. The molecule has 3 rings (SSSR count). The van der Waals surface area contributed by atoms with Crippen molar-refractivity contribution in [3.63, 3.8) is 0 Å². The monoisotopic (exact) mass is 399 g/mol. The first-order valence-electron chi connectivity index (χ1n) is 8.94. The van der Waals surface area contributed by atoms with Gasteiger partial charge in [0.1, 0.15) is 6.04 Å². The quantitative estimate of drug-likeness (QED) is 0.704. The smallest absolute Gasteiger partial charge is 0.324 e. The van der Waals surface area contributed by atoms with Crippen molar-refractivity contribution in [2.75, 3.05) is 26.7 Å². The average molecular weight is 400 g/mol. The summed E-state index contributed by atoms with van der Waals surface area (Å²) in [6.45, 7) is 1.35. The third-order valence-electron chi connectivity index (χ3n) is 4.90. The van der Waals surface area contributed by atoms with Crippen molar-refractivity contribution in [1.29, 1.82) is 0 Å². The van der Waals surface area contributed by atoms with Crippen LogP contribution in [0, 0.1) is 0 Å². The number of aromatic nitrogens is 1. The number of piperidine rings is 2. The van der Waals surface area contributed by atoms with Crippen molar-refractivity contribution >= 4 is 27.9 Å². The highest BCUT2D eigenvalue weighted by Gasteiger charge is 2.41. The van der Waals surface area contributed by atoms with E-state index in [0.717, 1.165) is 30.6 Å². The van der Waals surface area contributed by atoms with Gasteiger partial charge in [-0.05, 0) is 44.2 Å². The van der Waals surface area contributed by atoms with Gasteiger partial charge >= 0.3 is 5.97 Å². The zero-order valence-corrected chi connectivity index (χ0v) is 16.5. The summed E-state index contributed by atoms with van der Waals surface area (Å²) in [6, 6.07) is 3.26. The molecule has 2 saturated heterocycles. The van der Waals surface area contributed by atoms with E-state index in [1.54, 1.807) is 24.2 Å². The largest absolute Gasteiger partial charge is 0.468 e. The first-order valence-corrected chi connectivity index (χ1v) is 11.2. The molecule has 0 saturated carbocycles. The van der Waals surface area contributed by atoms with Gasteiger partial charge < -0.3 is 4.74 Å². The molecule has 9 heteroatoms. The number of esters is 1. The molecule has 0 aliphatic carbocycles. The number of pyridine rings is 1. The third kappa shape index (κ3) is 4.39. The van der Waals surface area contributed by atoms with Crippen LogP contribution in [-0.4, -0.2) is 66.0 Å². The Kier molecular flexibility index (Phi) is 6.55. The van der Waals surface area contributed by atoms with E-state index in [0.29, 0.717) is 31.3 Å². The van der Waals surface area contributed by atoms with Gasteiger partial charge in [-0.15, -0.1) is 11.8 Å². The SMILES string of the molecule is COC(=O)[C@H]1CCCCN1S(=O)(=O)N1CCC(Sc2ccncc2)CC1. The third-order valence-corrected chi connectivity index (χ3v) is 8.30. The summed E-state index contributed by atoms with van der Waals surface area (Å²) in [5.74, 6) is -0.462. The predicted octanol–water partition coefficient (Wildman–Crippen LogP) is 1.91. The molecular formula is C17H25N3O4S2. The number of hydrogen-bond acceptors (Lipinski definition) is 6. The Morgan fingerprint density at radius 1 is 1.15 bits per heavy atom. The van der Waals surface area contributed by atoms with Gasteiger partial charge in [0.15, 0.2) is 0 Å². The summed E-state index contributed by atoms with van der Waals surface area (Å²) >= 11 is 1.77. The Morgan fingerprint density at radius 2 is 1.85 bits per heavy atom. The molecule has 1 aromatic rings. The highest BCUT2D eigenvalue weighted by atomic mass is 32.2. The first-order chi connectivity index (χ1) is 12.5. The average Bonchev–Trinajstić information content (AvgIpc) is 2.68. The van der Waals surface area contributed by atoms with Crippen LogP contribution in [0.3, 0.4) is 0 Å². The van der Waals surface area contributed by atoms with Crippen molar-refractivity contribution in [2.45, 2.75) is 48.3 Å². The fourth-order valence-corrected chi connectivity index (χ4v) is 6.44. The maximum atomic E-state index is 13.1. The van der Waals surface area contributed by atoms with Gasteiger partial charge in [-0.1, -0.05) is 0 Å². The molecule has 26 heavy (non-hydrogen) atoms. The second kappa shape index (κ2) is 8.69. The summed E-state index contributed by atoms with van der Waals surface area (Å²) in [5, 5.41) is 0.390. The number of hydrogen-bond donors (Lipinski definition) is 0. The van der Waals surface area contributed by atoms with E-state index in [1.165, 1.54) is 15.7 Å². The number of thioether (sulfide) groups is 1. The molecule has 0 bridgehead atoms. The van der Waals surface area contributed by atoms with Crippen LogP contribution in [0.1, 0.15) is 32.1 Å². The Bertz CT molecular complexity index is 706. The Balaban J connectivity index is 1.62. The normalized spacial score (nSPS) is 23.7. The van der Waals surface area contributed by atoms with Crippen molar-refractivity contribution in [1.82, 2.24) is 13.6 Å². The summed E-state index contributed by atoms with van der Waals surface area (Å²) in [6.07, 6.45) is 7.28. The highest BCUT2D eigenvalue weighted by molar-refractivity contribution is 8.00. The van der Waals surface area contributed by atoms with E-state index in [2.05, 4.69) is 4.98 Å². The van der Waals surface area contributed by atoms with Gasteiger partial charge in [-0.3, -0.25) is 9.78 Å². The fourth-order valence-electron chi connectivity index (χ4n) is 3.49. The molecule has 0 amide bonds. The van der Waals surface area contributed by atoms with Crippen LogP contribution in [0.5, 0.6) is 0 Å². The van der Waals surface area contributed by atoms with E-state index >= 15 is 0 Å². The maximum Gasteiger partial charge on any atom is 0.324 e. The minimum Gasteiger partial charge on any atom is -0.468 e. The van der Waals surface area contributed by atoms with Crippen LogP contribution in [0.2, 0.25) is 0 Å². The van der Waals surface area contributed by atoms with E-state index in [1.807, 2.05) is 12.1 Å². The van der Waals surface area contributed by atoms with Gasteiger partial charge in [0.25, 0.3) is 10.2 Å². The van der Waals surface area contributed by atoms with Gasteiger partial charge in [0.2, 0.25) is 0 Å². The summed E-state index contributed by atoms with van der Waals surface area (Å²) in [7, 11) is -2.33. The van der Waals surface area contributed by atoms with E-state index < -0.39 is 22.2 Å². The number of carbonyl (C=O) groups excluding carboxylic acids is 1. The summed E-state index contributed by atoms with van der Waals surface area (Å²) < 4.78 is 33.8. The molecule has 0 N–H and O–H groups in total. The van der Waals surface area contributed by atoms with Crippen molar-refractivity contribution in [2.24, 2.45) is 0 Å². The molecule has 7 nitrogen and oxygen atoms in total. The molecule has 0 unspecified atom stereocenters. The molecule has 2 fully saturated rings. The van der Waals surface area contributed by atoms with Crippen LogP contribution >= 0.6 is 11.8 Å². The Morgan fingerprint density at radius 3 is 2.50 bits per heavy atom. The molecule has 1 aromatic heterocycles. The lowest BCUT2D eigenvalue weighted by Gasteiger charge is -2.38. The molecule has 1 atom stereocenters. The summed E-state index contributed by atoms with van der Waals surface area (Å²) in [4.78, 5) is 17.2. The number of carbonyl (C=O) groups is 1. The lowest BCUT2D eigenvalue weighted by atomic mass is 10.1. The van der Waals surface area contributed by atoms with Crippen molar-refractivity contribution in [3.8, 4) is 0 Å². The van der Waals surface area contributed by atoms with Gasteiger partial charge in [0, 0.05) is 42.2 Å². The molecule has 144 valence electrons. The fraction of sp³-hybridized carbons (Fsp3) is 0.647. The topological polar surface area (TPSA) is 79.8 Å². The second-order valence-electron chi connectivity index (χ2n) is 6.55. The number of methoxy groups -OCH3 is 1. The zero-order chi connectivity index (χ0) is 18.6. The number of nitrogens with zero attached hydrogens (tertiary/aromatic N) is 3. The number of ether oxygens (including phenoxy) is 1. The highest BCUT2D eigenvalue weighted by Crippen LogP contribution is 2.32. The van der Waals surface area contributed by atoms with Crippen molar-refractivity contribution in [3.05, 3.63) is 24.5 Å². The lowest BCUT2D eigenvalue weighted by molar-refractivity contribution is -0.146. The van der Waals surface area contributed by atoms with Crippen LogP contribution in [0.25, 0.3) is 0 Å². The van der Waals surface area contributed by atoms with E-state index in [4.69, 9.17) is 4.74 Å². The van der Waals surface area contributed by atoms with Gasteiger partial charge in [-0.2, -0.15) is 17.0 Å². The standard InChI is InChI=1S/C17H25N3O4S2/c1-24-17(21)16-4-2-3-11-20(16)26(22,23)19-12-7-15(8-13-19)25-14-5-9-18-10-6-14/h5-6,9-10,15-16H,2-4,7-8,11-13H2,1H3/t16-/m1/s1. The van der Waals surface area contributed by atoms with E-state index in [-0.39, 0.29) is 0 Å². The van der Waals surface area contributed by atoms with Gasteiger partial charge in [-0.25, -0.2) is 0 Å². The van der Waals surface area contributed by atoms with Crippen LogP contribution < -0.4 is 0 Å². The van der Waals surface area contributed by atoms with E-state index in [9.17, 15) is 13.2 Å². The maximum absolute atomic E-state index is 13.1. The molecule has 2 aliphatic rings. The minimum atomic E-state index is -3.64. The molecule has 0 spiro atoms. The van der Waals surface area contributed by atoms with Crippen LogP contribution in [0.4, 0.5) is 0 Å².